The summed E-state index contributed by atoms with van der Waals surface area (Å²) in [5.41, 5.74) is 6.39. The molecular formula is C14H9F2N3OS. The number of hydrogen-bond acceptors (Lipinski definition) is 4. The fourth-order valence-electron chi connectivity index (χ4n) is 1.88. The lowest BCUT2D eigenvalue weighted by molar-refractivity contribution is 0.102. The zero-order chi connectivity index (χ0) is 15.0. The highest BCUT2D eigenvalue weighted by Crippen LogP contribution is 2.25. The Labute approximate surface area is 122 Å². The van der Waals surface area contributed by atoms with E-state index in [0.717, 1.165) is 10.8 Å². The Balaban J connectivity index is 1.91. The molecule has 0 atom stereocenters. The maximum absolute atomic E-state index is 13.5. The Morgan fingerprint density at radius 2 is 2.05 bits per heavy atom. The van der Waals surface area contributed by atoms with Crippen LogP contribution in [0.4, 0.5) is 19.6 Å². The van der Waals surface area contributed by atoms with E-state index in [0.29, 0.717) is 16.2 Å². The number of amides is 1. The van der Waals surface area contributed by atoms with Gasteiger partial charge in [-0.3, -0.25) is 4.79 Å². The van der Waals surface area contributed by atoms with Gasteiger partial charge in [0.1, 0.15) is 0 Å². The van der Waals surface area contributed by atoms with Gasteiger partial charge >= 0.3 is 0 Å². The zero-order valence-electron chi connectivity index (χ0n) is 10.6. The van der Waals surface area contributed by atoms with Crippen LogP contribution in [0.15, 0.2) is 36.4 Å². The van der Waals surface area contributed by atoms with Gasteiger partial charge in [0, 0.05) is 5.56 Å². The summed E-state index contributed by atoms with van der Waals surface area (Å²) in [6, 6.07) is 8.40. The molecule has 0 saturated carbocycles. The van der Waals surface area contributed by atoms with Crippen LogP contribution >= 0.6 is 11.3 Å². The van der Waals surface area contributed by atoms with Gasteiger partial charge in [0.2, 0.25) is 0 Å². The Morgan fingerprint density at radius 1 is 1.24 bits per heavy atom. The minimum absolute atomic E-state index is 0.205. The summed E-state index contributed by atoms with van der Waals surface area (Å²) in [5, 5.41) is 2.74. The summed E-state index contributed by atoms with van der Waals surface area (Å²) < 4.78 is 27.4. The Kier molecular flexibility index (Phi) is 3.26. The van der Waals surface area contributed by atoms with E-state index in [1.54, 1.807) is 18.2 Å². The van der Waals surface area contributed by atoms with Crippen LogP contribution < -0.4 is 11.1 Å². The first-order chi connectivity index (χ1) is 10.0. The lowest BCUT2D eigenvalue weighted by atomic mass is 10.2. The smallest absolute Gasteiger partial charge is 0.255 e. The number of benzene rings is 2. The van der Waals surface area contributed by atoms with Crippen LogP contribution in [0.25, 0.3) is 10.2 Å². The summed E-state index contributed by atoms with van der Waals surface area (Å²) in [4.78, 5) is 16.2. The molecule has 3 rings (SSSR count). The van der Waals surface area contributed by atoms with Gasteiger partial charge in [-0.1, -0.05) is 17.4 Å². The van der Waals surface area contributed by atoms with Crippen molar-refractivity contribution in [3.63, 3.8) is 0 Å². The Bertz CT molecular complexity index is 847. The van der Waals surface area contributed by atoms with Gasteiger partial charge in [-0.2, -0.15) is 0 Å². The van der Waals surface area contributed by atoms with Crippen molar-refractivity contribution in [1.82, 2.24) is 4.98 Å². The molecule has 0 bridgehead atoms. The molecular weight excluding hydrogens is 296 g/mol. The van der Waals surface area contributed by atoms with Crippen LogP contribution in [0.5, 0.6) is 0 Å². The molecule has 1 amide bonds. The molecule has 3 N–H and O–H groups in total. The number of carbonyl (C=O) groups excluding carboxylic acids is 1. The largest absolute Gasteiger partial charge is 0.375 e. The zero-order valence-corrected chi connectivity index (χ0v) is 11.4. The number of carbonyl (C=O) groups is 1. The first kappa shape index (κ1) is 13.4. The van der Waals surface area contributed by atoms with E-state index in [9.17, 15) is 13.6 Å². The molecule has 0 aliphatic carbocycles. The van der Waals surface area contributed by atoms with Crippen molar-refractivity contribution in [2.24, 2.45) is 0 Å². The quantitative estimate of drug-likeness (QED) is 0.762. The summed E-state index contributed by atoms with van der Waals surface area (Å²) in [6.07, 6.45) is 0. The predicted octanol–water partition coefficient (Wildman–Crippen LogP) is 3.41. The first-order valence-corrected chi connectivity index (χ1v) is 6.77. The summed E-state index contributed by atoms with van der Waals surface area (Å²) in [7, 11) is 0. The van der Waals surface area contributed by atoms with E-state index < -0.39 is 17.5 Å². The van der Waals surface area contributed by atoms with Gasteiger partial charge < -0.3 is 11.1 Å². The standard InChI is InChI=1S/C14H9F2N3OS/c15-8-2-1-3-10(12(8)16)18-13(20)7-4-5-9-11(6-7)21-14(17)19-9/h1-6H,(H2,17,19)(H,18,20). The van der Waals surface area contributed by atoms with Crippen LogP contribution in [0.3, 0.4) is 0 Å². The second-order valence-electron chi connectivity index (χ2n) is 4.29. The molecule has 0 fully saturated rings. The van der Waals surface area contributed by atoms with E-state index in [4.69, 9.17) is 5.73 Å². The molecule has 1 aromatic heterocycles. The van der Waals surface area contributed by atoms with Gasteiger partial charge in [-0.15, -0.1) is 0 Å². The lowest BCUT2D eigenvalue weighted by Crippen LogP contribution is -2.13. The second-order valence-corrected chi connectivity index (χ2v) is 5.35. The SMILES string of the molecule is Nc1nc2ccc(C(=O)Nc3cccc(F)c3F)cc2s1. The maximum Gasteiger partial charge on any atom is 0.255 e. The highest BCUT2D eigenvalue weighted by molar-refractivity contribution is 7.22. The van der Waals surface area contributed by atoms with Gasteiger partial charge in [0.25, 0.3) is 5.91 Å². The van der Waals surface area contributed by atoms with Crippen LogP contribution in [0.1, 0.15) is 10.4 Å². The monoisotopic (exact) mass is 305 g/mol. The third-order valence-corrected chi connectivity index (χ3v) is 3.71. The number of hydrogen-bond donors (Lipinski definition) is 2. The molecule has 106 valence electrons. The number of halogens is 2. The van der Waals surface area contributed by atoms with Crippen molar-refractivity contribution in [3.8, 4) is 0 Å². The normalized spacial score (nSPS) is 10.8. The number of aromatic nitrogens is 1. The first-order valence-electron chi connectivity index (χ1n) is 5.96. The third kappa shape index (κ3) is 2.55. The van der Waals surface area contributed by atoms with Crippen molar-refractivity contribution >= 4 is 38.3 Å². The number of anilines is 2. The molecule has 3 aromatic rings. The molecule has 0 saturated heterocycles. The molecule has 0 unspecified atom stereocenters. The van der Waals surface area contributed by atoms with E-state index >= 15 is 0 Å². The van der Waals surface area contributed by atoms with Gasteiger partial charge in [-0.25, -0.2) is 13.8 Å². The molecule has 21 heavy (non-hydrogen) atoms. The topological polar surface area (TPSA) is 68.0 Å². The number of nitrogen functional groups attached to an aromatic ring is 1. The number of nitrogens with zero attached hydrogens (tertiary/aromatic N) is 1. The average Bonchev–Trinajstić information content (AvgIpc) is 2.82. The number of rotatable bonds is 2. The Hall–Kier alpha value is -2.54. The van der Waals surface area contributed by atoms with Crippen LogP contribution in [-0.4, -0.2) is 10.9 Å². The highest BCUT2D eigenvalue weighted by Gasteiger charge is 2.13. The summed E-state index contributed by atoms with van der Waals surface area (Å²) in [5.74, 6) is -2.64. The summed E-state index contributed by atoms with van der Waals surface area (Å²) in [6.45, 7) is 0. The van der Waals surface area contributed by atoms with Gasteiger partial charge in [0.05, 0.1) is 15.9 Å². The fourth-order valence-corrected chi connectivity index (χ4v) is 2.65. The summed E-state index contributed by atoms with van der Waals surface area (Å²) >= 11 is 1.25. The van der Waals surface area contributed by atoms with E-state index in [1.807, 2.05) is 0 Å². The molecule has 0 aliphatic heterocycles. The van der Waals surface area contributed by atoms with Crippen molar-refractivity contribution in [2.45, 2.75) is 0 Å². The highest BCUT2D eigenvalue weighted by atomic mass is 32.1. The maximum atomic E-state index is 13.5. The number of fused-ring (bicyclic) bond motifs is 1. The number of nitrogens with two attached hydrogens (primary N) is 1. The molecule has 2 aromatic carbocycles. The van der Waals surface area contributed by atoms with Crippen molar-refractivity contribution < 1.29 is 13.6 Å². The number of nitrogens with one attached hydrogen (secondary N) is 1. The minimum atomic E-state index is -1.09. The molecule has 0 radical (unpaired) electrons. The van der Waals surface area contributed by atoms with Crippen molar-refractivity contribution in [2.75, 3.05) is 11.1 Å². The fraction of sp³-hybridized carbons (Fsp3) is 0. The molecule has 0 spiro atoms. The van der Waals surface area contributed by atoms with Crippen LogP contribution in [0.2, 0.25) is 0 Å². The van der Waals surface area contributed by atoms with Crippen molar-refractivity contribution in [3.05, 3.63) is 53.6 Å². The molecule has 0 aliphatic rings. The second kappa shape index (κ2) is 5.10. The number of thiazole rings is 1. The van der Waals surface area contributed by atoms with Crippen LogP contribution in [-0.2, 0) is 0 Å². The average molecular weight is 305 g/mol. The van der Waals surface area contributed by atoms with Crippen LogP contribution in [0, 0.1) is 11.6 Å². The van der Waals surface area contributed by atoms with Gasteiger partial charge in [0.15, 0.2) is 16.8 Å². The van der Waals surface area contributed by atoms with E-state index in [1.165, 1.54) is 23.5 Å². The third-order valence-electron chi connectivity index (χ3n) is 2.87. The predicted molar refractivity (Wildman–Crippen MR) is 78.3 cm³/mol. The Morgan fingerprint density at radius 3 is 2.86 bits per heavy atom. The van der Waals surface area contributed by atoms with Gasteiger partial charge in [-0.05, 0) is 30.3 Å². The van der Waals surface area contributed by atoms with E-state index in [-0.39, 0.29) is 5.69 Å². The van der Waals surface area contributed by atoms with E-state index in [2.05, 4.69) is 10.3 Å². The molecule has 1 heterocycles. The minimum Gasteiger partial charge on any atom is -0.375 e. The van der Waals surface area contributed by atoms with Crippen molar-refractivity contribution in [1.29, 1.82) is 0 Å². The lowest BCUT2D eigenvalue weighted by Gasteiger charge is -2.06. The molecule has 7 heteroatoms. The molecule has 4 nitrogen and oxygen atoms in total.